The molecule has 0 saturated heterocycles. The van der Waals surface area contributed by atoms with Crippen molar-refractivity contribution in [1.29, 1.82) is 0 Å². The van der Waals surface area contributed by atoms with Gasteiger partial charge in [-0.15, -0.1) is 11.3 Å². The van der Waals surface area contributed by atoms with Crippen LogP contribution < -0.4 is 10.0 Å². The number of aromatic nitrogens is 3. The van der Waals surface area contributed by atoms with Crippen LogP contribution in [0.5, 0.6) is 0 Å². The predicted octanol–water partition coefficient (Wildman–Crippen LogP) is 3.94. The SMILES string of the molecule is O=C(NC1(c2csc(NS(=O)(=O)C3CC3)n2)CC1)c1ccc(-c2cncc(C(F)(F)F)n2)cc1. The Kier molecular flexibility index (Phi) is 5.35. The van der Waals surface area contributed by atoms with E-state index >= 15 is 0 Å². The Balaban J connectivity index is 1.28. The number of hydrogen-bond acceptors (Lipinski definition) is 7. The Labute approximate surface area is 196 Å². The fourth-order valence-corrected chi connectivity index (χ4v) is 5.82. The van der Waals surface area contributed by atoms with Crippen LogP contribution in [0, 0.1) is 0 Å². The molecule has 2 aromatic heterocycles. The van der Waals surface area contributed by atoms with Gasteiger partial charge in [0.15, 0.2) is 10.8 Å². The van der Waals surface area contributed by atoms with Gasteiger partial charge in [-0.1, -0.05) is 12.1 Å². The normalized spacial score (nSPS) is 17.3. The molecule has 1 amide bonds. The maximum atomic E-state index is 12.9. The van der Waals surface area contributed by atoms with E-state index < -0.39 is 27.4 Å². The molecule has 13 heteroatoms. The largest absolute Gasteiger partial charge is 0.434 e. The van der Waals surface area contributed by atoms with Gasteiger partial charge < -0.3 is 5.32 Å². The van der Waals surface area contributed by atoms with Gasteiger partial charge in [0.1, 0.15) is 0 Å². The van der Waals surface area contributed by atoms with Crippen LogP contribution in [0.3, 0.4) is 0 Å². The molecule has 0 unspecified atom stereocenters. The second-order valence-electron chi connectivity index (χ2n) is 8.29. The predicted molar refractivity (Wildman–Crippen MR) is 119 cm³/mol. The van der Waals surface area contributed by atoms with Crippen molar-refractivity contribution in [1.82, 2.24) is 20.3 Å². The van der Waals surface area contributed by atoms with E-state index in [1.807, 2.05) is 0 Å². The quantitative estimate of drug-likeness (QED) is 0.499. The van der Waals surface area contributed by atoms with Crippen molar-refractivity contribution in [2.75, 3.05) is 4.72 Å². The zero-order valence-corrected chi connectivity index (χ0v) is 19.1. The number of nitrogens with one attached hydrogen (secondary N) is 2. The van der Waals surface area contributed by atoms with E-state index in [0.29, 0.717) is 48.7 Å². The van der Waals surface area contributed by atoms with Gasteiger partial charge in [-0.05, 0) is 37.8 Å². The molecule has 34 heavy (non-hydrogen) atoms. The number of amides is 1. The van der Waals surface area contributed by atoms with Crippen molar-refractivity contribution in [2.45, 2.75) is 42.6 Å². The molecule has 0 atom stereocenters. The average molecular weight is 510 g/mol. The molecule has 2 aliphatic rings. The minimum atomic E-state index is -4.60. The van der Waals surface area contributed by atoms with Crippen LogP contribution in [-0.4, -0.2) is 34.5 Å². The molecule has 2 fully saturated rings. The first-order valence-electron chi connectivity index (χ1n) is 10.4. The molecule has 0 aliphatic heterocycles. The number of nitrogens with zero attached hydrogens (tertiary/aromatic N) is 3. The van der Waals surface area contributed by atoms with Gasteiger partial charge in [-0.2, -0.15) is 13.2 Å². The summed E-state index contributed by atoms with van der Waals surface area (Å²) in [5.41, 5.74) is -0.408. The van der Waals surface area contributed by atoms with E-state index in [-0.39, 0.29) is 22.0 Å². The number of alkyl halides is 3. The number of hydrogen-bond donors (Lipinski definition) is 2. The molecule has 3 aromatic rings. The van der Waals surface area contributed by atoms with Crippen LogP contribution >= 0.6 is 11.3 Å². The molecule has 0 bridgehead atoms. The van der Waals surface area contributed by atoms with Crippen molar-refractivity contribution < 1.29 is 26.4 Å². The highest BCUT2D eigenvalue weighted by atomic mass is 32.2. The third kappa shape index (κ3) is 4.62. The lowest BCUT2D eigenvalue weighted by atomic mass is 10.1. The Morgan fingerprint density at radius 1 is 1.09 bits per heavy atom. The summed E-state index contributed by atoms with van der Waals surface area (Å²) in [6.45, 7) is 0. The van der Waals surface area contributed by atoms with E-state index in [9.17, 15) is 26.4 Å². The van der Waals surface area contributed by atoms with Crippen LogP contribution in [0.4, 0.5) is 18.3 Å². The number of rotatable bonds is 7. The summed E-state index contributed by atoms with van der Waals surface area (Å²) in [5.74, 6) is -0.368. The number of carbonyl (C=O) groups is 1. The van der Waals surface area contributed by atoms with Crippen molar-refractivity contribution in [3.8, 4) is 11.3 Å². The van der Waals surface area contributed by atoms with Crippen molar-refractivity contribution in [3.05, 3.63) is 59.0 Å². The van der Waals surface area contributed by atoms with Gasteiger partial charge in [0, 0.05) is 16.5 Å². The first-order valence-corrected chi connectivity index (χ1v) is 12.8. The number of halogens is 3. The maximum absolute atomic E-state index is 12.9. The number of benzene rings is 1. The molecule has 5 rings (SSSR count). The van der Waals surface area contributed by atoms with Gasteiger partial charge in [0.2, 0.25) is 10.0 Å². The second-order valence-corrected chi connectivity index (χ2v) is 11.1. The molecule has 2 saturated carbocycles. The second kappa shape index (κ2) is 8.01. The fraction of sp³-hybridized carbons (Fsp3) is 0.333. The number of anilines is 1. The maximum Gasteiger partial charge on any atom is 0.434 e. The molecule has 2 N–H and O–H groups in total. The third-order valence-corrected chi connectivity index (χ3v) is 8.37. The first kappa shape index (κ1) is 22.7. The molecule has 0 radical (unpaired) electrons. The highest BCUT2D eigenvalue weighted by Crippen LogP contribution is 2.46. The van der Waals surface area contributed by atoms with E-state index in [4.69, 9.17) is 0 Å². The van der Waals surface area contributed by atoms with E-state index in [0.717, 1.165) is 0 Å². The highest BCUT2D eigenvalue weighted by Gasteiger charge is 2.48. The molecule has 2 heterocycles. The molecular weight excluding hydrogens is 491 g/mol. The smallest absolute Gasteiger partial charge is 0.341 e. The number of thiazole rings is 1. The Hall–Kier alpha value is -3.06. The Morgan fingerprint density at radius 3 is 2.41 bits per heavy atom. The topological polar surface area (TPSA) is 114 Å². The van der Waals surface area contributed by atoms with E-state index in [2.05, 4.69) is 25.0 Å². The van der Waals surface area contributed by atoms with Crippen LogP contribution in [0.1, 0.15) is 47.4 Å². The van der Waals surface area contributed by atoms with Crippen LogP contribution in [0.15, 0.2) is 42.0 Å². The fourth-order valence-electron chi connectivity index (χ4n) is 3.42. The van der Waals surface area contributed by atoms with Crippen LogP contribution in [-0.2, 0) is 21.7 Å². The standard InChI is InChI=1S/C21H18F3N5O3S2/c22-21(23,24)16-10-25-9-15(26-16)12-1-3-13(4-2-12)18(30)28-20(7-8-20)17-11-33-19(27-17)29-34(31,32)14-5-6-14/h1-4,9-11,14H,5-8H2,(H,27,29)(H,28,30). The van der Waals surface area contributed by atoms with Gasteiger partial charge in [0.25, 0.3) is 5.91 Å². The van der Waals surface area contributed by atoms with Crippen LogP contribution in [0.2, 0.25) is 0 Å². The van der Waals surface area contributed by atoms with Crippen molar-refractivity contribution in [3.63, 3.8) is 0 Å². The molecule has 8 nitrogen and oxygen atoms in total. The lowest BCUT2D eigenvalue weighted by molar-refractivity contribution is -0.141. The molecule has 1 aromatic carbocycles. The lowest BCUT2D eigenvalue weighted by Gasteiger charge is -2.15. The number of carbonyl (C=O) groups excluding carboxylic acids is 1. The summed E-state index contributed by atoms with van der Waals surface area (Å²) < 4.78 is 65.4. The van der Waals surface area contributed by atoms with Gasteiger partial charge in [-0.3, -0.25) is 14.5 Å². The zero-order chi connectivity index (χ0) is 24.1. The zero-order valence-electron chi connectivity index (χ0n) is 17.5. The molecule has 2 aliphatic carbocycles. The third-order valence-electron chi connectivity index (χ3n) is 5.66. The Bertz CT molecular complexity index is 1350. The lowest BCUT2D eigenvalue weighted by Crippen LogP contribution is -2.35. The molecule has 178 valence electrons. The summed E-state index contributed by atoms with van der Waals surface area (Å²) >= 11 is 1.17. The summed E-state index contributed by atoms with van der Waals surface area (Å²) in [4.78, 5) is 24.4. The molecule has 0 spiro atoms. The summed E-state index contributed by atoms with van der Waals surface area (Å²) in [7, 11) is -3.42. The van der Waals surface area contributed by atoms with Crippen LogP contribution in [0.25, 0.3) is 11.3 Å². The van der Waals surface area contributed by atoms with Gasteiger partial charge >= 0.3 is 6.18 Å². The summed E-state index contributed by atoms with van der Waals surface area (Å²) in [6.07, 6.45) is -0.111. The highest BCUT2D eigenvalue weighted by molar-refractivity contribution is 7.93. The minimum Gasteiger partial charge on any atom is -0.341 e. The minimum absolute atomic E-state index is 0.0455. The average Bonchev–Trinajstić information content (AvgIpc) is 3.73. The molecular formula is C21H18F3N5O3S2. The van der Waals surface area contributed by atoms with Crippen molar-refractivity contribution in [2.24, 2.45) is 0 Å². The first-order chi connectivity index (χ1) is 16.1. The van der Waals surface area contributed by atoms with Crippen molar-refractivity contribution >= 4 is 32.4 Å². The monoisotopic (exact) mass is 509 g/mol. The van der Waals surface area contributed by atoms with E-state index in [1.54, 1.807) is 5.38 Å². The van der Waals surface area contributed by atoms with E-state index in [1.165, 1.54) is 41.8 Å². The van der Waals surface area contributed by atoms with Gasteiger partial charge in [-0.25, -0.2) is 18.4 Å². The number of sulfonamides is 1. The summed E-state index contributed by atoms with van der Waals surface area (Å²) in [5, 5.41) is 4.59. The summed E-state index contributed by atoms with van der Waals surface area (Å²) in [6, 6.07) is 6.01. The van der Waals surface area contributed by atoms with Gasteiger partial charge in [0.05, 0.1) is 34.6 Å². The Morgan fingerprint density at radius 2 is 1.79 bits per heavy atom.